The molecule has 2 saturated carbocycles. The molecule has 1 nitrogen and oxygen atoms in total. The van der Waals surface area contributed by atoms with Gasteiger partial charge >= 0.3 is 0 Å². The van der Waals surface area contributed by atoms with E-state index in [1.165, 1.54) is 62.5 Å². The van der Waals surface area contributed by atoms with E-state index in [9.17, 15) is 0 Å². The van der Waals surface area contributed by atoms with Crippen molar-refractivity contribution in [3.8, 4) is 0 Å². The first-order valence-electron chi connectivity index (χ1n) is 15.8. The molecule has 0 N–H and O–H groups in total. The molecule has 0 aromatic heterocycles. The molecule has 2 fully saturated rings. The third-order valence-electron chi connectivity index (χ3n) is 10.4. The third kappa shape index (κ3) is 7.02. The zero-order valence-corrected chi connectivity index (χ0v) is 24.2. The van der Waals surface area contributed by atoms with Crippen LogP contribution in [-0.4, -0.2) is 13.7 Å². The van der Waals surface area contributed by atoms with Gasteiger partial charge in [0.25, 0.3) is 0 Å². The quantitative estimate of drug-likeness (QED) is 0.291. The molecule has 212 valence electrons. The molecule has 1 atom stereocenters. The summed E-state index contributed by atoms with van der Waals surface area (Å²) in [5, 5.41) is 0. The predicted octanol–water partition coefficient (Wildman–Crippen LogP) is 10.7. The number of hydrogen-bond acceptors (Lipinski definition) is 1. The summed E-state index contributed by atoms with van der Waals surface area (Å²) in [4.78, 5) is 0. The highest BCUT2D eigenvalue weighted by atomic mass is 19.1. The van der Waals surface area contributed by atoms with Gasteiger partial charge in [0.15, 0.2) is 0 Å². The number of hydrogen-bond donors (Lipinski definition) is 0. The van der Waals surface area contributed by atoms with Crippen LogP contribution in [-0.2, 0) is 4.74 Å². The molecule has 3 aliphatic rings. The first-order chi connectivity index (χ1) is 19.1. The van der Waals surface area contributed by atoms with Crippen molar-refractivity contribution in [3.05, 3.63) is 76.4 Å². The van der Waals surface area contributed by atoms with Crippen LogP contribution in [0, 0.1) is 23.5 Å². The largest absolute Gasteiger partial charge is 0.385 e. The number of benzene rings is 2. The highest BCUT2D eigenvalue weighted by molar-refractivity contribution is 5.67. The maximum absolute atomic E-state index is 15.3. The summed E-state index contributed by atoms with van der Waals surface area (Å²) in [6, 6.07) is 12.0. The van der Waals surface area contributed by atoms with E-state index in [0.717, 1.165) is 73.7 Å². The number of ether oxygens (including phenoxy) is 1. The maximum Gasteiger partial charge on any atom is 0.127 e. The lowest BCUT2D eigenvalue weighted by Crippen LogP contribution is -2.14. The highest BCUT2D eigenvalue weighted by Crippen LogP contribution is 2.42. The summed E-state index contributed by atoms with van der Waals surface area (Å²) in [6.07, 6.45) is 18.0. The second kappa shape index (κ2) is 13.6. The van der Waals surface area contributed by atoms with Crippen LogP contribution in [0.2, 0.25) is 0 Å². The third-order valence-corrected chi connectivity index (χ3v) is 10.4. The van der Waals surface area contributed by atoms with Gasteiger partial charge in [-0.05, 0) is 153 Å². The molecule has 2 aromatic rings. The van der Waals surface area contributed by atoms with Crippen LogP contribution < -0.4 is 0 Å². The Bertz CT molecular complexity index is 1110. The second-order valence-electron chi connectivity index (χ2n) is 12.7. The van der Waals surface area contributed by atoms with Crippen molar-refractivity contribution in [1.29, 1.82) is 0 Å². The summed E-state index contributed by atoms with van der Waals surface area (Å²) in [5.41, 5.74) is 5.16. The van der Waals surface area contributed by atoms with Crippen molar-refractivity contribution in [2.45, 2.75) is 115 Å². The van der Waals surface area contributed by atoms with E-state index in [1.807, 2.05) is 12.1 Å². The van der Waals surface area contributed by atoms with Crippen LogP contribution in [0.4, 0.5) is 8.78 Å². The molecule has 0 spiro atoms. The van der Waals surface area contributed by atoms with Gasteiger partial charge in [-0.1, -0.05) is 43.7 Å². The van der Waals surface area contributed by atoms with Crippen molar-refractivity contribution in [3.63, 3.8) is 0 Å². The minimum Gasteiger partial charge on any atom is -0.385 e. The van der Waals surface area contributed by atoms with Crippen molar-refractivity contribution >= 4 is 5.57 Å². The van der Waals surface area contributed by atoms with Crippen LogP contribution >= 0.6 is 0 Å². The molecule has 0 radical (unpaired) electrons. The SMILES string of the molecule is CCC1CCC(c2ccc(C3=CCC(c4ccc(C5CCC(CCCOC)CC5)cc4F)CC3)cc2F)CC1. The Kier molecular flexibility index (Phi) is 9.93. The number of halogens is 2. The average Bonchev–Trinajstić information content (AvgIpc) is 2.98. The van der Waals surface area contributed by atoms with E-state index in [0.29, 0.717) is 11.8 Å². The monoisotopic (exact) mass is 534 g/mol. The van der Waals surface area contributed by atoms with Crippen LogP contribution in [0.15, 0.2) is 42.5 Å². The molecule has 5 rings (SSSR count). The number of allylic oxidation sites excluding steroid dienone is 2. The van der Waals surface area contributed by atoms with Gasteiger partial charge in [0.2, 0.25) is 0 Å². The molecule has 39 heavy (non-hydrogen) atoms. The van der Waals surface area contributed by atoms with Gasteiger partial charge in [-0.25, -0.2) is 8.78 Å². The van der Waals surface area contributed by atoms with Crippen LogP contribution in [0.1, 0.15) is 137 Å². The van der Waals surface area contributed by atoms with Gasteiger partial charge < -0.3 is 4.74 Å². The zero-order valence-electron chi connectivity index (χ0n) is 24.2. The first kappa shape index (κ1) is 28.5. The Morgan fingerprint density at radius 1 is 0.744 bits per heavy atom. The molecular weight excluding hydrogens is 486 g/mol. The van der Waals surface area contributed by atoms with Gasteiger partial charge in [-0.15, -0.1) is 0 Å². The lowest BCUT2D eigenvalue weighted by atomic mass is 9.76. The van der Waals surface area contributed by atoms with E-state index in [-0.39, 0.29) is 17.6 Å². The molecule has 0 aliphatic heterocycles. The van der Waals surface area contributed by atoms with Gasteiger partial charge in [0, 0.05) is 13.7 Å². The normalized spacial score (nSPS) is 27.8. The smallest absolute Gasteiger partial charge is 0.127 e. The Morgan fingerprint density at radius 3 is 2.05 bits per heavy atom. The number of methoxy groups -OCH3 is 1. The summed E-state index contributed by atoms with van der Waals surface area (Å²) in [6.45, 7) is 3.12. The fourth-order valence-electron chi connectivity index (χ4n) is 7.75. The standard InChI is InChI=1S/C36H48F2O/c1-3-25-6-12-29(13-7-25)33-20-19-32(24-35(33)37)28-14-16-30(17-15-28)34-21-18-31(23-36(34)38)27-10-8-26(9-11-27)5-4-22-39-2/h14,18-21,23-27,29-30H,3-13,15-17,22H2,1-2H3. The molecular formula is C36H48F2O. The Morgan fingerprint density at radius 2 is 1.41 bits per heavy atom. The Balaban J connectivity index is 1.17. The average molecular weight is 535 g/mol. The fraction of sp³-hybridized carbons (Fsp3) is 0.611. The second-order valence-corrected chi connectivity index (χ2v) is 12.7. The maximum atomic E-state index is 15.3. The van der Waals surface area contributed by atoms with Gasteiger partial charge in [-0.2, -0.15) is 0 Å². The van der Waals surface area contributed by atoms with Crippen molar-refractivity contribution < 1.29 is 13.5 Å². The molecule has 0 bridgehead atoms. The zero-order chi connectivity index (χ0) is 27.2. The van der Waals surface area contributed by atoms with E-state index < -0.39 is 0 Å². The minimum absolute atomic E-state index is 0.0373. The van der Waals surface area contributed by atoms with Crippen LogP contribution in [0.3, 0.4) is 0 Å². The molecule has 1 unspecified atom stereocenters. The topological polar surface area (TPSA) is 9.23 Å². The van der Waals surface area contributed by atoms with E-state index >= 15 is 8.78 Å². The van der Waals surface area contributed by atoms with Crippen LogP contribution in [0.25, 0.3) is 5.57 Å². The summed E-state index contributed by atoms with van der Waals surface area (Å²) < 4.78 is 35.7. The van der Waals surface area contributed by atoms with Gasteiger partial charge in [-0.3, -0.25) is 0 Å². The number of rotatable bonds is 9. The lowest BCUT2D eigenvalue weighted by molar-refractivity contribution is 0.180. The first-order valence-corrected chi connectivity index (χ1v) is 15.8. The molecule has 3 heteroatoms. The van der Waals surface area contributed by atoms with E-state index in [2.05, 4.69) is 31.2 Å². The Hall–Kier alpha value is -2.00. The highest BCUT2D eigenvalue weighted by Gasteiger charge is 2.26. The van der Waals surface area contributed by atoms with Gasteiger partial charge in [0.1, 0.15) is 11.6 Å². The summed E-state index contributed by atoms with van der Waals surface area (Å²) >= 11 is 0. The molecule has 0 heterocycles. The molecule has 2 aromatic carbocycles. The minimum atomic E-state index is -0.0406. The molecule has 0 saturated heterocycles. The van der Waals surface area contributed by atoms with Gasteiger partial charge in [0.05, 0.1) is 0 Å². The molecule has 3 aliphatic carbocycles. The summed E-state index contributed by atoms with van der Waals surface area (Å²) in [7, 11) is 1.77. The van der Waals surface area contributed by atoms with Crippen molar-refractivity contribution in [1.82, 2.24) is 0 Å². The van der Waals surface area contributed by atoms with E-state index in [4.69, 9.17) is 4.74 Å². The molecule has 0 amide bonds. The van der Waals surface area contributed by atoms with E-state index in [1.54, 1.807) is 13.2 Å². The Labute approximate surface area is 235 Å². The summed E-state index contributed by atoms with van der Waals surface area (Å²) in [5.74, 6) is 2.61. The van der Waals surface area contributed by atoms with Crippen molar-refractivity contribution in [2.24, 2.45) is 11.8 Å². The van der Waals surface area contributed by atoms with Crippen LogP contribution in [0.5, 0.6) is 0 Å². The lowest BCUT2D eigenvalue weighted by Gasteiger charge is -2.29. The fourth-order valence-corrected chi connectivity index (χ4v) is 7.75. The predicted molar refractivity (Wildman–Crippen MR) is 158 cm³/mol. The van der Waals surface area contributed by atoms with Crippen molar-refractivity contribution in [2.75, 3.05) is 13.7 Å².